The van der Waals surface area contributed by atoms with Crippen molar-refractivity contribution in [2.24, 2.45) is 5.16 Å². The molecule has 1 atom stereocenters. The van der Waals surface area contributed by atoms with Gasteiger partial charge in [0.25, 0.3) is 5.91 Å². The minimum atomic E-state index is -0.955. The first-order chi connectivity index (χ1) is 12.0. The van der Waals surface area contributed by atoms with Crippen molar-refractivity contribution in [2.75, 3.05) is 6.54 Å². The molecule has 1 amide bonds. The predicted octanol–water partition coefficient (Wildman–Crippen LogP) is 2.66. The third-order valence-electron chi connectivity index (χ3n) is 4.80. The molecule has 0 aliphatic carbocycles. The summed E-state index contributed by atoms with van der Waals surface area (Å²) in [6.07, 6.45) is 1.14. The molecule has 0 bridgehead atoms. The van der Waals surface area contributed by atoms with Crippen LogP contribution >= 0.6 is 0 Å². The highest BCUT2D eigenvalue weighted by Crippen LogP contribution is 2.32. The second-order valence-corrected chi connectivity index (χ2v) is 6.81. The summed E-state index contributed by atoms with van der Waals surface area (Å²) in [7, 11) is 0. The van der Waals surface area contributed by atoms with E-state index in [2.05, 4.69) is 15.4 Å². The largest absolute Gasteiger partial charge is 0.379 e. The SMILES string of the molecule is CC1=NO[C@](C)(C(=O)N2CCc3[nH]nc(-c4ccccc4F)c3C2)C1. The molecule has 0 spiro atoms. The summed E-state index contributed by atoms with van der Waals surface area (Å²) in [5.74, 6) is -0.421. The topological polar surface area (TPSA) is 70.6 Å². The van der Waals surface area contributed by atoms with E-state index in [0.717, 1.165) is 17.0 Å². The summed E-state index contributed by atoms with van der Waals surface area (Å²) in [6.45, 7) is 4.56. The van der Waals surface area contributed by atoms with Crippen molar-refractivity contribution < 1.29 is 14.0 Å². The number of nitrogens with zero attached hydrogens (tertiary/aromatic N) is 3. The van der Waals surface area contributed by atoms with Gasteiger partial charge in [0.05, 0.1) is 5.71 Å². The van der Waals surface area contributed by atoms with Gasteiger partial charge in [0.2, 0.25) is 5.60 Å². The molecule has 3 heterocycles. The molecule has 0 saturated carbocycles. The number of halogens is 1. The second kappa shape index (κ2) is 5.68. The first kappa shape index (κ1) is 15.8. The van der Waals surface area contributed by atoms with E-state index in [1.807, 2.05) is 6.92 Å². The van der Waals surface area contributed by atoms with Gasteiger partial charge in [0.1, 0.15) is 11.5 Å². The average molecular weight is 342 g/mol. The van der Waals surface area contributed by atoms with Crippen molar-refractivity contribution in [3.05, 3.63) is 41.3 Å². The Morgan fingerprint density at radius 2 is 2.20 bits per heavy atom. The Labute approximate surface area is 144 Å². The third-order valence-corrected chi connectivity index (χ3v) is 4.80. The molecule has 6 nitrogen and oxygen atoms in total. The van der Waals surface area contributed by atoms with Crippen LogP contribution in [-0.2, 0) is 22.6 Å². The Kier molecular flexibility index (Phi) is 3.59. The molecule has 25 heavy (non-hydrogen) atoms. The van der Waals surface area contributed by atoms with Crippen LogP contribution in [0.3, 0.4) is 0 Å². The van der Waals surface area contributed by atoms with Crippen LogP contribution < -0.4 is 0 Å². The summed E-state index contributed by atoms with van der Waals surface area (Å²) in [5, 5.41) is 11.2. The van der Waals surface area contributed by atoms with E-state index >= 15 is 0 Å². The first-order valence-electron chi connectivity index (χ1n) is 8.30. The minimum Gasteiger partial charge on any atom is -0.379 e. The first-order valence-corrected chi connectivity index (χ1v) is 8.30. The quantitative estimate of drug-likeness (QED) is 0.912. The van der Waals surface area contributed by atoms with Gasteiger partial charge in [-0.2, -0.15) is 5.10 Å². The fourth-order valence-electron chi connectivity index (χ4n) is 3.52. The smallest absolute Gasteiger partial charge is 0.270 e. The Bertz CT molecular complexity index is 876. The van der Waals surface area contributed by atoms with Gasteiger partial charge < -0.3 is 9.74 Å². The maximum absolute atomic E-state index is 14.2. The summed E-state index contributed by atoms with van der Waals surface area (Å²) in [5.41, 5.74) is 2.68. The van der Waals surface area contributed by atoms with Crippen LogP contribution in [0.5, 0.6) is 0 Å². The van der Waals surface area contributed by atoms with Gasteiger partial charge in [-0.1, -0.05) is 17.3 Å². The lowest BCUT2D eigenvalue weighted by Crippen LogP contribution is -2.48. The zero-order valence-electron chi connectivity index (χ0n) is 14.2. The van der Waals surface area contributed by atoms with Crippen LogP contribution in [0.2, 0.25) is 0 Å². The molecule has 0 radical (unpaired) electrons. The van der Waals surface area contributed by atoms with Crippen molar-refractivity contribution in [3.8, 4) is 11.3 Å². The van der Waals surface area contributed by atoms with Gasteiger partial charge in [-0.15, -0.1) is 0 Å². The Hall–Kier alpha value is -2.70. The molecular formula is C18H19FN4O2. The van der Waals surface area contributed by atoms with Crippen LogP contribution in [0.25, 0.3) is 11.3 Å². The number of carbonyl (C=O) groups is 1. The number of H-pyrrole nitrogens is 1. The highest BCUT2D eigenvalue weighted by atomic mass is 19.1. The number of hydrogen-bond donors (Lipinski definition) is 1. The van der Waals surface area contributed by atoms with E-state index in [1.54, 1.807) is 30.0 Å². The molecule has 1 aromatic carbocycles. The lowest BCUT2D eigenvalue weighted by atomic mass is 9.95. The molecule has 4 rings (SSSR count). The number of aromatic nitrogens is 2. The van der Waals surface area contributed by atoms with Crippen molar-refractivity contribution in [2.45, 2.75) is 38.8 Å². The van der Waals surface area contributed by atoms with Crippen LogP contribution in [0.4, 0.5) is 4.39 Å². The van der Waals surface area contributed by atoms with E-state index in [1.165, 1.54) is 6.07 Å². The number of carbonyl (C=O) groups excluding carboxylic acids is 1. The van der Waals surface area contributed by atoms with E-state index < -0.39 is 5.60 Å². The lowest BCUT2D eigenvalue weighted by molar-refractivity contribution is -0.154. The van der Waals surface area contributed by atoms with Gasteiger partial charge >= 0.3 is 0 Å². The van der Waals surface area contributed by atoms with Gasteiger partial charge in [0.15, 0.2) is 0 Å². The summed E-state index contributed by atoms with van der Waals surface area (Å²) in [6, 6.07) is 6.54. The average Bonchev–Trinajstić information content (AvgIpc) is 3.18. The van der Waals surface area contributed by atoms with Crippen molar-refractivity contribution >= 4 is 11.6 Å². The van der Waals surface area contributed by atoms with Crippen LogP contribution in [0.1, 0.15) is 31.5 Å². The number of nitrogens with one attached hydrogen (secondary N) is 1. The molecule has 130 valence electrons. The van der Waals surface area contributed by atoms with Crippen LogP contribution in [0, 0.1) is 5.82 Å². The Morgan fingerprint density at radius 3 is 2.92 bits per heavy atom. The van der Waals surface area contributed by atoms with E-state index in [9.17, 15) is 9.18 Å². The highest BCUT2D eigenvalue weighted by molar-refractivity contribution is 5.94. The highest BCUT2D eigenvalue weighted by Gasteiger charge is 2.44. The predicted molar refractivity (Wildman–Crippen MR) is 90.3 cm³/mol. The lowest BCUT2D eigenvalue weighted by Gasteiger charge is -2.32. The van der Waals surface area contributed by atoms with E-state index in [0.29, 0.717) is 37.2 Å². The van der Waals surface area contributed by atoms with Crippen molar-refractivity contribution in [1.29, 1.82) is 0 Å². The van der Waals surface area contributed by atoms with Gasteiger partial charge in [0, 0.05) is 42.8 Å². The van der Waals surface area contributed by atoms with Gasteiger partial charge in [-0.05, 0) is 26.0 Å². The monoisotopic (exact) mass is 342 g/mol. The van der Waals surface area contributed by atoms with E-state index in [-0.39, 0.29) is 11.7 Å². The molecule has 0 unspecified atom stereocenters. The van der Waals surface area contributed by atoms with Gasteiger partial charge in [-0.3, -0.25) is 9.89 Å². The maximum Gasteiger partial charge on any atom is 0.270 e. The normalized spacial score (nSPS) is 22.4. The molecule has 1 aromatic heterocycles. The molecular weight excluding hydrogens is 323 g/mol. The standard InChI is InChI=1S/C18H19FN4O2/c1-11-9-18(2,25-22-11)17(24)23-8-7-15-13(10-23)16(21-20-15)12-5-3-4-6-14(12)19/h3-6H,7-10H2,1-2H3,(H,20,21)/t18-/m0/s1. The fraction of sp³-hybridized carbons (Fsp3) is 0.389. The van der Waals surface area contributed by atoms with Crippen LogP contribution in [0.15, 0.2) is 29.4 Å². The molecule has 7 heteroatoms. The fourth-order valence-corrected chi connectivity index (χ4v) is 3.52. The summed E-state index contributed by atoms with van der Waals surface area (Å²) < 4.78 is 14.2. The number of fused-ring (bicyclic) bond motifs is 1. The maximum atomic E-state index is 14.2. The van der Waals surface area contributed by atoms with Gasteiger partial charge in [-0.25, -0.2) is 4.39 Å². The molecule has 0 fully saturated rings. The molecule has 2 aliphatic heterocycles. The number of aromatic amines is 1. The zero-order valence-corrected chi connectivity index (χ0v) is 14.2. The second-order valence-electron chi connectivity index (χ2n) is 6.81. The van der Waals surface area contributed by atoms with Crippen molar-refractivity contribution in [1.82, 2.24) is 15.1 Å². The van der Waals surface area contributed by atoms with Crippen LogP contribution in [-0.4, -0.2) is 38.9 Å². The number of oxime groups is 1. The van der Waals surface area contributed by atoms with Crippen molar-refractivity contribution in [3.63, 3.8) is 0 Å². The molecule has 2 aliphatic rings. The third kappa shape index (κ3) is 2.59. The number of amides is 1. The summed E-state index contributed by atoms with van der Waals surface area (Å²) >= 11 is 0. The molecule has 0 saturated heterocycles. The molecule has 2 aromatic rings. The van der Waals surface area contributed by atoms with E-state index in [4.69, 9.17) is 4.84 Å². The Balaban J connectivity index is 1.62. The molecule has 1 N–H and O–H groups in total. The zero-order chi connectivity index (χ0) is 17.6. The number of rotatable bonds is 2. The number of hydrogen-bond acceptors (Lipinski definition) is 4. The summed E-state index contributed by atoms with van der Waals surface area (Å²) in [4.78, 5) is 20.1. The Morgan fingerprint density at radius 1 is 1.40 bits per heavy atom. The number of benzene rings is 1. The minimum absolute atomic E-state index is 0.0977.